The molecule has 1 atom stereocenters. The maximum absolute atomic E-state index is 2.30. The van der Waals surface area contributed by atoms with Gasteiger partial charge in [0.1, 0.15) is 0 Å². The maximum Gasteiger partial charge on any atom is 0.0461 e. The zero-order chi connectivity index (χ0) is 21.2. The molecule has 3 heteroatoms. The van der Waals surface area contributed by atoms with Gasteiger partial charge in [-0.15, -0.1) is 0 Å². The quantitative estimate of drug-likeness (QED) is 0.525. The van der Waals surface area contributed by atoms with E-state index in [0.29, 0.717) is 8.58 Å². The highest BCUT2D eigenvalue weighted by atomic mass is 31.1. The molecule has 1 unspecified atom stereocenters. The molecule has 3 aromatic rings. The molecule has 3 aromatic carbocycles. The van der Waals surface area contributed by atoms with Crippen molar-refractivity contribution in [3.05, 3.63) is 72.3 Å². The number of hydrogen-bond donors (Lipinski definition) is 0. The standard InChI is InChI=1S/C26H33N2P/c1-26(2,3)20-14-9-11-18-24(20)29-23-17-10-8-13-19(23)25-21(27(4)5)15-12-16-22(25)28(6)7/h8-18,29H,1-7H3. The summed E-state index contributed by atoms with van der Waals surface area (Å²) in [6, 6.07) is 24.4. The lowest BCUT2D eigenvalue weighted by Gasteiger charge is -2.26. The smallest absolute Gasteiger partial charge is 0.0461 e. The Morgan fingerprint density at radius 1 is 0.621 bits per heavy atom. The molecule has 0 amide bonds. The minimum Gasteiger partial charge on any atom is -0.377 e. The van der Waals surface area contributed by atoms with E-state index in [0.717, 1.165) is 0 Å². The van der Waals surface area contributed by atoms with Gasteiger partial charge < -0.3 is 9.80 Å². The minimum atomic E-state index is 0.134. The van der Waals surface area contributed by atoms with Crippen LogP contribution in [0.25, 0.3) is 11.1 Å². The van der Waals surface area contributed by atoms with E-state index in [2.05, 4.69) is 125 Å². The fraction of sp³-hybridized carbons (Fsp3) is 0.308. The van der Waals surface area contributed by atoms with Crippen LogP contribution >= 0.6 is 8.58 Å². The van der Waals surface area contributed by atoms with Crippen LogP contribution in [0.3, 0.4) is 0 Å². The summed E-state index contributed by atoms with van der Waals surface area (Å²) in [6.07, 6.45) is 0. The molecule has 0 radical (unpaired) electrons. The van der Waals surface area contributed by atoms with Gasteiger partial charge in [0.05, 0.1) is 0 Å². The highest BCUT2D eigenvalue weighted by Crippen LogP contribution is 2.39. The number of hydrogen-bond acceptors (Lipinski definition) is 2. The molecule has 0 N–H and O–H groups in total. The fourth-order valence-corrected chi connectivity index (χ4v) is 5.34. The monoisotopic (exact) mass is 404 g/mol. The Morgan fingerprint density at radius 2 is 1.14 bits per heavy atom. The number of nitrogens with zero attached hydrogens (tertiary/aromatic N) is 2. The van der Waals surface area contributed by atoms with Gasteiger partial charge in [0.15, 0.2) is 0 Å². The average Bonchev–Trinajstić information content (AvgIpc) is 2.67. The second-order valence-electron chi connectivity index (χ2n) is 8.93. The highest BCUT2D eigenvalue weighted by Gasteiger charge is 2.20. The third kappa shape index (κ3) is 4.65. The first-order valence-electron chi connectivity index (χ1n) is 10.1. The SMILES string of the molecule is CN(C)c1cccc(N(C)C)c1-c1ccccc1Pc1ccccc1C(C)(C)C. The Labute approximate surface area is 178 Å². The van der Waals surface area contributed by atoms with E-state index in [9.17, 15) is 0 Å². The summed E-state index contributed by atoms with van der Waals surface area (Å²) in [5.41, 5.74) is 6.69. The van der Waals surface area contributed by atoms with Crippen LogP contribution in [0.1, 0.15) is 26.3 Å². The molecule has 0 saturated heterocycles. The van der Waals surface area contributed by atoms with Crippen molar-refractivity contribution in [1.29, 1.82) is 0 Å². The molecule has 152 valence electrons. The van der Waals surface area contributed by atoms with E-state index in [4.69, 9.17) is 0 Å². The maximum atomic E-state index is 2.30. The molecule has 29 heavy (non-hydrogen) atoms. The Kier molecular flexibility index (Phi) is 6.34. The van der Waals surface area contributed by atoms with E-state index in [1.165, 1.54) is 38.7 Å². The van der Waals surface area contributed by atoms with E-state index in [1.807, 2.05) is 0 Å². The van der Waals surface area contributed by atoms with Crippen LogP contribution < -0.4 is 20.4 Å². The number of benzene rings is 3. The summed E-state index contributed by atoms with van der Waals surface area (Å²) in [6.45, 7) is 6.90. The predicted octanol–water partition coefficient (Wildman–Crippen LogP) is 5.41. The van der Waals surface area contributed by atoms with Crippen molar-refractivity contribution in [3.8, 4) is 11.1 Å². The van der Waals surface area contributed by atoms with Gasteiger partial charge in [-0.3, -0.25) is 0 Å². The molecular formula is C26H33N2P. The van der Waals surface area contributed by atoms with Crippen molar-refractivity contribution in [2.45, 2.75) is 26.2 Å². The van der Waals surface area contributed by atoms with Crippen LogP contribution in [0.2, 0.25) is 0 Å². The summed E-state index contributed by atoms with van der Waals surface area (Å²) in [7, 11) is 9.11. The molecular weight excluding hydrogens is 371 g/mol. The van der Waals surface area contributed by atoms with Gasteiger partial charge in [-0.25, -0.2) is 0 Å². The Bertz CT molecular complexity index is 958. The van der Waals surface area contributed by atoms with Crippen molar-refractivity contribution in [3.63, 3.8) is 0 Å². The van der Waals surface area contributed by atoms with Gasteiger partial charge in [-0.2, -0.15) is 0 Å². The number of anilines is 2. The van der Waals surface area contributed by atoms with Crippen LogP contribution in [0.4, 0.5) is 11.4 Å². The van der Waals surface area contributed by atoms with Crippen LogP contribution in [0.5, 0.6) is 0 Å². The van der Waals surface area contributed by atoms with Gasteiger partial charge >= 0.3 is 0 Å². The molecule has 0 saturated carbocycles. The van der Waals surface area contributed by atoms with Crippen LogP contribution in [0.15, 0.2) is 66.7 Å². The number of rotatable bonds is 5. The Balaban J connectivity index is 2.19. The van der Waals surface area contributed by atoms with Crippen LogP contribution in [-0.2, 0) is 5.41 Å². The van der Waals surface area contributed by atoms with Gasteiger partial charge in [0.25, 0.3) is 0 Å². The lowest BCUT2D eigenvalue weighted by atomic mass is 9.87. The lowest BCUT2D eigenvalue weighted by molar-refractivity contribution is 0.594. The van der Waals surface area contributed by atoms with Gasteiger partial charge in [-0.1, -0.05) is 83.9 Å². The second kappa shape index (κ2) is 8.59. The molecule has 0 aromatic heterocycles. The van der Waals surface area contributed by atoms with Crippen molar-refractivity contribution < 1.29 is 0 Å². The third-order valence-electron chi connectivity index (χ3n) is 5.18. The zero-order valence-corrected chi connectivity index (χ0v) is 19.7. The first-order chi connectivity index (χ1) is 13.7. The molecule has 0 aliphatic heterocycles. The molecule has 2 nitrogen and oxygen atoms in total. The first-order valence-corrected chi connectivity index (χ1v) is 11.1. The van der Waals surface area contributed by atoms with Gasteiger partial charge in [0, 0.05) is 45.1 Å². The van der Waals surface area contributed by atoms with Crippen molar-refractivity contribution >= 4 is 30.6 Å². The molecule has 0 aliphatic rings. The molecule has 3 rings (SSSR count). The fourth-order valence-electron chi connectivity index (χ4n) is 3.75. The normalized spacial score (nSPS) is 11.8. The Hall–Kier alpha value is -2.31. The molecule has 0 heterocycles. The summed E-state index contributed by atoms with van der Waals surface area (Å²) >= 11 is 0. The largest absolute Gasteiger partial charge is 0.377 e. The molecule has 0 aliphatic carbocycles. The van der Waals surface area contributed by atoms with E-state index >= 15 is 0 Å². The zero-order valence-electron chi connectivity index (χ0n) is 18.7. The second-order valence-corrected chi connectivity index (χ2v) is 10.3. The minimum absolute atomic E-state index is 0.134. The van der Waals surface area contributed by atoms with Crippen molar-refractivity contribution in [2.24, 2.45) is 0 Å². The van der Waals surface area contributed by atoms with Gasteiger partial charge in [0.2, 0.25) is 0 Å². The molecule has 0 fully saturated rings. The first kappa shape index (κ1) is 21.4. The average molecular weight is 405 g/mol. The predicted molar refractivity (Wildman–Crippen MR) is 133 cm³/mol. The Morgan fingerprint density at radius 3 is 1.69 bits per heavy atom. The summed E-state index contributed by atoms with van der Waals surface area (Å²) in [5.74, 6) is 0. The lowest BCUT2D eigenvalue weighted by Crippen LogP contribution is -2.22. The summed E-state index contributed by atoms with van der Waals surface area (Å²) in [5, 5.41) is 2.82. The van der Waals surface area contributed by atoms with Crippen molar-refractivity contribution in [2.75, 3.05) is 38.0 Å². The van der Waals surface area contributed by atoms with Crippen LogP contribution in [-0.4, -0.2) is 28.2 Å². The van der Waals surface area contributed by atoms with E-state index in [-0.39, 0.29) is 5.41 Å². The summed E-state index contributed by atoms with van der Waals surface area (Å²) in [4.78, 5) is 4.43. The van der Waals surface area contributed by atoms with E-state index < -0.39 is 0 Å². The van der Waals surface area contributed by atoms with Gasteiger partial charge in [-0.05, 0) is 39.3 Å². The molecule has 0 spiro atoms. The third-order valence-corrected chi connectivity index (χ3v) is 6.60. The highest BCUT2D eigenvalue weighted by molar-refractivity contribution is 7.56. The van der Waals surface area contributed by atoms with Crippen LogP contribution in [0, 0.1) is 0 Å². The van der Waals surface area contributed by atoms with E-state index in [1.54, 1.807) is 0 Å². The van der Waals surface area contributed by atoms with Crippen molar-refractivity contribution in [1.82, 2.24) is 0 Å². The molecule has 0 bridgehead atoms. The topological polar surface area (TPSA) is 6.48 Å². The summed E-state index contributed by atoms with van der Waals surface area (Å²) < 4.78 is 0.